The molecule has 0 bridgehead atoms. The lowest BCUT2D eigenvalue weighted by molar-refractivity contribution is 0.567. The highest BCUT2D eigenvalue weighted by Gasteiger charge is 2.15. The van der Waals surface area contributed by atoms with E-state index in [1.807, 2.05) is 0 Å². The van der Waals surface area contributed by atoms with Crippen LogP contribution in [0.15, 0.2) is 0 Å². The van der Waals surface area contributed by atoms with Crippen molar-refractivity contribution in [1.29, 1.82) is 0 Å². The van der Waals surface area contributed by atoms with E-state index >= 15 is 0 Å². The van der Waals surface area contributed by atoms with Crippen molar-refractivity contribution in [2.24, 2.45) is 0 Å². The molecule has 22 heavy (non-hydrogen) atoms. The Morgan fingerprint density at radius 2 is 1.68 bits per heavy atom. The fraction of sp³-hybridized carbons (Fsp3) is 0.812. The van der Waals surface area contributed by atoms with Gasteiger partial charge in [0.2, 0.25) is 17.2 Å². The molecule has 0 aromatic carbocycles. The van der Waals surface area contributed by atoms with Gasteiger partial charge in [-0.3, -0.25) is 0 Å². The Bertz CT molecular complexity index is 435. The van der Waals surface area contributed by atoms with E-state index in [0.717, 1.165) is 26.1 Å². The van der Waals surface area contributed by atoms with Gasteiger partial charge in [-0.05, 0) is 37.3 Å². The van der Waals surface area contributed by atoms with Gasteiger partial charge in [0.05, 0.1) is 0 Å². The predicted molar refractivity (Wildman–Crippen MR) is 92.8 cm³/mol. The minimum Gasteiger partial charge on any atom is -0.354 e. The normalized spacial score (nSPS) is 15.1. The van der Waals surface area contributed by atoms with Gasteiger partial charge < -0.3 is 10.2 Å². The number of unbranched alkanes of at least 4 members (excludes halogenated alkanes) is 5. The first-order valence-electron chi connectivity index (χ1n) is 8.70. The molecular weight excluding hydrogens is 298 g/mol. The van der Waals surface area contributed by atoms with Gasteiger partial charge in [-0.2, -0.15) is 15.0 Å². The molecule has 1 aliphatic heterocycles. The smallest absolute Gasteiger partial charge is 0.231 e. The van der Waals surface area contributed by atoms with Crippen LogP contribution in [0.3, 0.4) is 0 Å². The topological polar surface area (TPSA) is 53.9 Å². The largest absolute Gasteiger partial charge is 0.354 e. The molecule has 5 nitrogen and oxygen atoms in total. The second-order valence-corrected chi connectivity index (χ2v) is 6.31. The van der Waals surface area contributed by atoms with Gasteiger partial charge in [0.15, 0.2) is 0 Å². The summed E-state index contributed by atoms with van der Waals surface area (Å²) in [6, 6.07) is 0. The van der Waals surface area contributed by atoms with E-state index in [4.69, 9.17) is 11.6 Å². The van der Waals surface area contributed by atoms with Crippen LogP contribution >= 0.6 is 11.6 Å². The molecule has 1 aromatic rings. The van der Waals surface area contributed by atoms with Crippen molar-refractivity contribution in [2.75, 3.05) is 29.9 Å². The Morgan fingerprint density at radius 3 is 2.45 bits per heavy atom. The van der Waals surface area contributed by atoms with Crippen LogP contribution in [0.25, 0.3) is 0 Å². The zero-order valence-corrected chi connectivity index (χ0v) is 14.4. The van der Waals surface area contributed by atoms with Gasteiger partial charge in [-0.25, -0.2) is 0 Å². The standard InChI is InChI=1S/C16H28ClN5/c1-2-3-4-5-6-8-11-18-15-19-14(17)20-16(21-15)22-12-9-7-10-13-22/h2-13H2,1H3,(H,18,19,20,21). The van der Waals surface area contributed by atoms with E-state index < -0.39 is 0 Å². The highest BCUT2D eigenvalue weighted by molar-refractivity contribution is 6.28. The number of nitrogens with one attached hydrogen (secondary N) is 1. The van der Waals surface area contributed by atoms with Crippen molar-refractivity contribution in [3.63, 3.8) is 0 Å². The van der Waals surface area contributed by atoms with Crippen molar-refractivity contribution in [3.05, 3.63) is 5.28 Å². The summed E-state index contributed by atoms with van der Waals surface area (Å²) in [5, 5.41) is 3.56. The highest BCUT2D eigenvalue weighted by Crippen LogP contribution is 2.18. The number of nitrogens with zero attached hydrogens (tertiary/aromatic N) is 4. The second kappa shape index (κ2) is 9.82. The maximum absolute atomic E-state index is 6.04. The number of aromatic nitrogens is 3. The number of piperidine rings is 1. The summed E-state index contributed by atoms with van der Waals surface area (Å²) in [5.74, 6) is 1.32. The molecular formula is C16H28ClN5. The molecule has 6 heteroatoms. The summed E-state index contributed by atoms with van der Waals surface area (Å²) < 4.78 is 0. The summed E-state index contributed by atoms with van der Waals surface area (Å²) in [6.07, 6.45) is 11.4. The van der Waals surface area contributed by atoms with Crippen LogP contribution in [0.5, 0.6) is 0 Å². The van der Waals surface area contributed by atoms with E-state index in [-0.39, 0.29) is 5.28 Å². The summed E-state index contributed by atoms with van der Waals surface area (Å²) in [7, 11) is 0. The Balaban J connectivity index is 1.77. The van der Waals surface area contributed by atoms with Crippen LogP contribution in [-0.4, -0.2) is 34.6 Å². The molecule has 0 atom stereocenters. The Labute approximate surface area is 138 Å². The van der Waals surface area contributed by atoms with Crippen LogP contribution < -0.4 is 10.2 Å². The third-order valence-electron chi connectivity index (χ3n) is 4.05. The SMILES string of the molecule is CCCCCCCCNc1nc(Cl)nc(N2CCCCC2)n1. The van der Waals surface area contributed by atoms with Crippen molar-refractivity contribution >= 4 is 23.5 Å². The fourth-order valence-electron chi connectivity index (χ4n) is 2.76. The Hall–Kier alpha value is -1.10. The van der Waals surface area contributed by atoms with Gasteiger partial charge in [0, 0.05) is 19.6 Å². The van der Waals surface area contributed by atoms with E-state index in [2.05, 4.69) is 32.1 Å². The molecule has 0 saturated carbocycles. The average Bonchev–Trinajstić information content (AvgIpc) is 2.54. The third-order valence-corrected chi connectivity index (χ3v) is 4.22. The molecule has 1 saturated heterocycles. The lowest BCUT2D eigenvalue weighted by atomic mass is 10.1. The third kappa shape index (κ3) is 5.95. The summed E-state index contributed by atoms with van der Waals surface area (Å²) in [4.78, 5) is 15.2. The van der Waals surface area contributed by atoms with Crippen LogP contribution in [-0.2, 0) is 0 Å². The number of anilines is 2. The van der Waals surface area contributed by atoms with Gasteiger partial charge in [0.1, 0.15) is 0 Å². The van der Waals surface area contributed by atoms with Crippen LogP contribution in [0.1, 0.15) is 64.7 Å². The van der Waals surface area contributed by atoms with Crippen LogP contribution in [0.2, 0.25) is 5.28 Å². The van der Waals surface area contributed by atoms with Gasteiger partial charge >= 0.3 is 0 Å². The monoisotopic (exact) mass is 325 g/mol. The molecule has 2 rings (SSSR count). The van der Waals surface area contributed by atoms with Gasteiger partial charge in [-0.1, -0.05) is 39.0 Å². The number of rotatable bonds is 9. The minimum absolute atomic E-state index is 0.279. The van der Waals surface area contributed by atoms with Crippen molar-refractivity contribution in [2.45, 2.75) is 64.7 Å². The fourth-order valence-corrected chi connectivity index (χ4v) is 2.92. The molecule has 124 valence electrons. The first-order chi connectivity index (χ1) is 10.8. The first-order valence-corrected chi connectivity index (χ1v) is 9.08. The zero-order chi connectivity index (χ0) is 15.6. The summed E-state index contributed by atoms with van der Waals surface area (Å²) in [5.41, 5.74) is 0. The Kier molecular flexibility index (Phi) is 7.71. The number of hydrogen-bond donors (Lipinski definition) is 1. The highest BCUT2D eigenvalue weighted by atomic mass is 35.5. The van der Waals surface area contributed by atoms with Crippen molar-refractivity contribution < 1.29 is 0 Å². The molecule has 0 amide bonds. The summed E-state index contributed by atoms with van der Waals surface area (Å²) in [6.45, 7) is 5.16. The summed E-state index contributed by atoms with van der Waals surface area (Å²) >= 11 is 6.04. The van der Waals surface area contributed by atoms with E-state index in [1.54, 1.807) is 0 Å². The number of halogens is 1. The zero-order valence-electron chi connectivity index (χ0n) is 13.7. The predicted octanol–water partition coefficient (Wildman–Crippen LogP) is 4.29. The van der Waals surface area contributed by atoms with E-state index in [0.29, 0.717) is 11.9 Å². The van der Waals surface area contributed by atoms with Crippen molar-refractivity contribution in [1.82, 2.24) is 15.0 Å². The lowest BCUT2D eigenvalue weighted by Gasteiger charge is -2.26. The van der Waals surface area contributed by atoms with Gasteiger partial charge in [0.25, 0.3) is 0 Å². The van der Waals surface area contributed by atoms with Crippen LogP contribution in [0.4, 0.5) is 11.9 Å². The second-order valence-electron chi connectivity index (χ2n) is 5.97. The van der Waals surface area contributed by atoms with E-state index in [9.17, 15) is 0 Å². The molecule has 0 spiro atoms. The van der Waals surface area contributed by atoms with Gasteiger partial charge in [-0.15, -0.1) is 0 Å². The van der Waals surface area contributed by atoms with Crippen molar-refractivity contribution in [3.8, 4) is 0 Å². The quantitative estimate of drug-likeness (QED) is 0.686. The lowest BCUT2D eigenvalue weighted by Crippen LogP contribution is -2.31. The molecule has 1 N–H and O–H groups in total. The molecule has 1 fully saturated rings. The number of hydrogen-bond acceptors (Lipinski definition) is 5. The van der Waals surface area contributed by atoms with E-state index in [1.165, 1.54) is 51.4 Å². The molecule has 1 aromatic heterocycles. The molecule has 0 aliphatic carbocycles. The Morgan fingerprint density at radius 1 is 0.955 bits per heavy atom. The van der Waals surface area contributed by atoms with Crippen LogP contribution in [0, 0.1) is 0 Å². The minimum atomic E-state index is 0.279. The maximum Gasteiger partial charge on any atom is 0.231 e. The first kappa shape index (κ1) is 17.3. The molecule has 1 aliphatic rings. The molecule has 0 unspecified atom stereocenters. The maximum atomic E-state index is 6.04. The average molecular weight is 326 g/mol. The molecule has 0 radical (unpaired) electrons. The molecule has 2 heterocycles.